The van der Waals surface area contributed by atoms with Crippen LogP contribution < -0.4 is 9.64 Å². The fourth-order valence-corrected chi connectivity index (χ4v) is 3.61. The molecule has 0 unspecified atom stereocenters. The average molecular weight is 439 g/mol. The predicted octanol–water partition coefficient (Wildman–Crippen LogP) is 5.12. The van der Waals surface area contributed by atoms with E-state index in [9.17, 15) is 4.79 Å². The Balaban J connectivity index is 1.70. The van der Waals surface area contributed by atoms with Gasteiger partial charge < -0.3 is 19.1 Å². The number of carbonyl (C=O) groups is 1. The fraction of sp³-hybridized carbons (Fsp3) is 0.462. The Morgan fingerprint density at radius 1 is 1.06 bits per heavy atom. The quantitative estimate of drug-likeness (QED) is 0.260. The lowest BCUT2D eigenvalue weighted by molar-refractivity contribution is -0.137. The van der Waals surface area contributed by atoms with Gasteiger partial charge in [0.25, 0.3) is 0 Å². The van der Waals surface area contributed by atoms with Crippen LogP contribution in [0.15, 0.2) is 42.6 Å². The van der Waals surface area contributed by atoms with E-state index in [2.05, 4.69) is 17.9 Å². The molecule has 1 saturated heterocycles. The number of nitrogens with zero attached hydrogens (tertiary/aromatic N) is 2. The molecular weight excluding hydrogens is 404 g/mol. The first-order valence-corrected chi connectivity index (χ1v) is 11.6. The lowest BCUT2D eigenvalue weighted by Gasteiger charge is -2.19. The van der Waals surface area contributed by atoms with Crippen molar-refractivity contribution >= 4 is 17.9 Å². The smallest absolute Gasteiger partial charge is 0.330 e. The van der Waals surface area contributed by atoms with Crippen LogP contribution in [0.3, 0.4) is 0 Å². The van der Waals surface area contributed by atoms with E-state index in [0.717, 1.165) is 73.6 Å². The zero-order valence-electron chi connectivity index (χ0n) is 19.2. The van der Waals surface area contributed by atoms with Crippen molar-refractivity contribution in [2.24, 2.45) is 0 Å². The van der Waals surface area contributed by atoms with E-state index in [1.807, 2.05) is 30.5 Å². The number of carbonyl (C=O) groups excluding carboxylic acids is 1. The lowest BCUT2D eigenvalue weighted by Crippen LogP contribution is -2.20. The number of hydrogen-bond donors (Lipinski definition) is 0. The number of esters is 1. The highest BCUT2D eigenvalue weighted by Gasteiger charge is 2.17. The van der Waals surface area contributed by atoms with E-state index in [4.69, 9.17) is 19.2 Å². The molecule has 3 rings (SSSR count). The molecule has 0 bridgehead atoms. The summed E-state index contributed by atoms with van der Waals surface area (Å²) in [5, 5.41) is 0. The zero-order valence-corrected chi connectivity index (χ0v) is 19.2. The van der Waals surface area contributed by atoms with Crippen LogP contribution in [0.1, 0.15) is 45.1 Å². The minimum atomic E-state index is -0.342. The Bertz CT molecular complexity index is 874. The van der Waals surface area contributed by atoms with Crippen molar-refractivity contribution in [3.63, 3.8) is 0 Å². The summed E-state index contributed by atoms with van der Waals surface area (Å²) < 4.78 is 16.3. The van der Waals surface area contributed by atoms with Gasteiger partial charge in [-0.15, -0.1) is 0 Å². The van der Waals surface area contributed by atoms with Gasteiger partial charge in [0, 0.05) is 43.1 Å². The van der Waals surface area contributed by atoms with Crippen molar-refractivity contribution < 1.29 is 19.0 Å². The molecule has 0 aliphatic carbocycles. The molecule has 1 aromatic heterocycles. The van der Waals surface area contributed by atoms with Gasteiger partial charge in [0.1, 0.15) is 18.2 Å². The number of anilines is 1. The lowest BCUT2D eigenvalue weighted by atomic mass is 10.0. The van der Waals surface area contributed by atoms with E-state index < -0.39 is 0 Å². The Hall–Kier alpha value is -2.86. The molecule has 1 aliphatic rings. The molecule has 1 aromatic carbocycles. The third-order valence-electron chi connectivity index (χ3n) is 5.31. The van der Waals surface area contributed by atoms with Crippen molar-refractivity contribution in [3.05, 3.63) is 48.2 Å². The summed E-state index contributed by atoms with van der Waals surface area (Å²) in [6.45, 7) is 8.21. The van der Waals surface area contributed by atoms with E-state index in [0.29, 0.717) is 19.8 Å². The van der Waals surface area contributed by atoms with Gasteiger partial charge in [-0.1, -0.05) is 25.5 Å². The number of hydrogen-bond acceptors (Lipinski definition) is 6. The molecule has 172 valence electrons. The first kappa shape index (κ1) is 23.8. The van der Waals surface area contributed by atoms with Crippen LogP contribution in [0.4, 0.5) is 5.82 Å². The summed E-state index contributed by atoms with van der Waals surface area (Å²) in [7, 11) is 0. The molecule has 2 aromatic rings. The molecule has 0 saturated carbocycles. The van der Waals surface area contributed by atoms with Crippen molar-refractivity contribution in [2.75, 3.05) is 44.4 Å². The van der Waals surface area contributed by atoms with Crippen LogP contribution in [-0.2, 0) is 14.3 Å². The molecule has 0 radical (unpaired) electrons. The monoisotopic (exact) mass is 438 g/mol. The zero-order chi connectivity index (χ0) is 22.6. The van der Waals surface area contributed by atoms with Crippen molar-refractivity contribution in [2.45, 2.75) is 39.5 Å². The molecule has 0 atom stereocenters. The van der Waals surface area contributed by atoms with Gasteiger partial charge in [-0.2, -0.15) is 0 Å². The maximum absolute atomic E-state index is 11.8. The van der Waals surface area contributed by atoms with Crippen LogP contribution in [-0.4, -0.2) is 50.5 Å². The summed E-state index contributed by atoms with van der Waals surface area (Å²) in [5.74, 6) is 1.39. The van der Waals surface area contributed by atoms with Crippen LogP contribution in [0, 0.1) is 0 Å². The molecular formula is C26H34N2O4. The second kappa shape index (κ2) is 12.9. The molecule has 0 spiro atoms. The molecule has 32 heavy (non-hydrogen) atoms. The SMILES string of the molecule is CCCCOCCOc1ccc(-c2cnc(N3CCCC3)c(C=CC(=O)OCC)c2)cc1. The molecule has 6 heteroatoms. The van der Waals surface area contributed by atoms with E-state index in [1.54, 1.807) is 13.0 Å². The third kappa shape index (κ3) is 7.09. The highest BCUT2D eigenvalue weighted by Crippen LogP contribution is 2.29. The average Bonchev–Trinajstić information content (AvgIpc) is 3.35. The van der Waals surface area contributed by atoms with Gasteiger partial charge in [-0.25, -0.2) is 9.78 Å². The summed E-state index contributed by atoms with van der Waals surface area (Å²) in [6.07, 6.45) is 9.71. The second-order valence-corrected chi connectivity index (χ2v) is 7.76. The van der Waals surface area contributed by atoms with Crippen LogP contribution in [0.5, 0.6) is 5.75 Å². The molecule has 0 amide bonds. The van der Waals surface area contributed by atoms with E-state index >= 15 is 0 Å². The van der Waals surface area contributed by atoms with Crippen molar-refractivity contribution in [1.82, 2.24) is 4.98 Å². The standard InChI is InChI=1S/C26H34N2O4/c1-3-5-16-30-17-18-32-24-11-8-21(9-12-24)23-19-22(10-13-25(29)31-4-2)26(27-20-23)28-14-6-7-15-28/h8-13,19-20H,3-7,14-18H2,1-2H3. The number of aromatic nitrogens is 1. The van der Waals surface area contributed by atoms with Crippen LogP contribution >= 0.6 is 0 Å². The van der Waals surface area contributed by atoms with E-state index in [-0.39, 0.29) is 5.97 Å². The van der Waals surface area contributed by atoms with Gasteiger partial charge >= 0.3 is 5.97 Å². The maximum Gasteiger partial charge on any atom is 0.330 e. The number of pyridine rings is 1. The molecule has 0 N–H and O–H groups in total. The van der Waals surface area contributed by atoms with Crippen LogP contribution in [0.2, 0.25) is 0 Å². The summed E-state index contributed by atoms with van der Waals surface area (Å²) in [4.78, 5) is 18.9. The van der Waals surface area contributed by atoms with Crippen molar-refractivity contribution in [3.8, 4) is 16.9 Å². The largest absolute Gasteiger partial charge is 0.491 e. The minimum absolute atomic E-state index is 0.342. The fourth-order valence-electron chi connectivity index (χ4n) is 3.61. The van der Waals surface area contributed by atoms with Crippen molar-refractivity contribution in [1.29, 1.82) is 0 Å². The molecule has 1 fully saturated rings. The molecule has 1 aliphatic heterocycles. The number of ether oxygens (including phenoxy) is 3. The van der Waals surface area contributed by atoms with Gasteiger partial charge in [-0.3, -0.25) is 0 Å². The Morgan fingerprint density at radius 3 is 2.56 bits per heavy atom. The number of rotatable bonds is 12. The third-order valence-corrected chi connectivity index (χ3v) is 5.31. The first-order valence-electron chi connectivity index (χ1n) is 11.6. The second-order valence-electron chi connectivity index (χ2n) is 7.76. The van der Waals surface area contributed by atoms with Gasteiger partial charge in [0.2, 0.25) is 0 Å². The Kier molecular flexibility index (Phi) is 9.57. The summed E-state index contributed by atoms with van der Waals surface area (Å²) in [6, 6.07) is 10.1. The molecule has 2 heterocycles. The van der Waals surface area contributed by atoms with Gasteiger partial charge in [0.15, 0.2) is 0 Å². The summed E-state index contributed by atoms with van der Waals surface area (Å²) in [5.41, 5.74) is 2.95. The Labute approximate surface area is 191 Å². The maximum atomic E-state index is 11.8. The van der Waals surface area contributed by atoms with E-state index in [1.165, 1.54) is 6.08 Å². The Morgan fingerprint density at radius 2 is 1.84 bits per heavy atom. The number of unbranched alkanes of at least 4 members (excludes halogenated alkanes) is 1. The predicted molar refractivity (Wildman–Crippen MR) is 128 cm³/mol. The first-order chi connectivity index (χ1) is 15.7. The minimum Gasteiger partial charge on any atom is -0.491 e. The van der Waals surface area contributed by atoms with Gasteiger partial charge in [-0.05, 0) is 56.0 Å². The number of benzene rings is 1. The highest BCUT2D eigenvalue weighted by atomic mass is 16.5. The normalized spacial score (nSPS) is 13.6. The molecule has 6 nitrogen and oxygen atoms in total. The highest BCUT2D eigenvalue weighted by molar-refractivity contribution is 5.88. The van der Waals surface area contributed by atoms with Crippen LogP contribution in [0.25, 0.3) is 17.2 Å². The van der Waals surface area contributed by atoms with Gasteiger partial charge in [0.05, 0.1) is 13.2 Å². The topological polar surface area (TPSA) is 60.9 Å². The summed E-state index contributed by atoms with van der Waals surface area (Å²) >= 11 is 0.